The Bertz CT molecular complexity index is 1540. The van der Waals surface area contributed by atoms with Gasteiger partial charge in [0.25, 0.3) is 5.91 Å². The van der Waals surface area contributed by atoms with Gasteiger partial charge in [-0.05, 0) is 73.9 Å². The average molecular weight is 454 g/mol. The van der Waals surface area contributed by atoms with E-state index in [9.17, 15) is 14.4 Å². The number of benzene rings is 2. The number of carbonyl (C=O) groups excluding carboxylic acids is 2. The fraction of sp³-hybridized carbons (Fsp3) is 0.185. The van der Waals surface area contributed by atoms with Crippen LogP contribution >= 0.6 is 0 Å². The van der Waals surface area contributed by atoms with Crippen LogP contribution in [0.4, 0.5) is 5.82 Å². The van der Waals surface area contributed by atoms with Gasteiger partial charge in [0.1, 0.15) is 11.4 Å². The number of methoxy groups -OCH3 is 1. The van der Waals surface area contributed by atoms with Gasteiger partial charge < -0.3 is 9.15 Å². The third-order valence-electron chi connectivity index (χ3n) is 6.25. The Labute approximate surface area is 195 Å². The van der Waals surface area contributed by atoms with Crippen molar-refractivity contribution in [1.82, 2.24) is 4.98 Å². The monoisotopic (exact) mass is 454 g/mol. The van der Waals surface area contributed by atoms with E-state index in [2.05, 4.69) is 4.98 Å². The van der Waals surface area contributed by atoms with Gasteiger partial charge in [0, 0.05) is 5.69 Å². The lowest BCUT2D eigenvalue weighted by Crippen LogP contribution is -2.30. The van der Waals surface area contributed by atoms with Gasteiger partial charge in [0.15, 0.2) is 5.43 Å². The third kappa shape index (κ3) is 3.28. The van der Waals surface area contributed by atoms with Crippen LogP contribution in [-0.4, -0.2) is 24.0 Å². The van der Waals surface area contributed by atoms with Gasteiger partial charge in [-0.3, -0.25) is 14.5 Å². The molecule has 0 N–H and O–H groups in total. The molecular formula is C27H22N2O5. The SMILES string of the molecule is COC(=O)c1ccc([C@H]2c3c(oc4cc(C)c(C)cc4c3=O)C(=O)N2c2cccc(C)n2)cc1. The Balaban J connectivity index is 1.78. The summed E-state index contributed by atoms with van der Waals surface area (Å²) in [5.74, 6) is -0.490. The highest BCUT2D eigenvalue weighted by Gasteiger charge is 2.44. The number of esters is 1. The van der Waals surface area contributed by atoms with Crippen LogP contribution in [0.5, 0.6) is 0 Å². The second-order valence-electron chi connectivity index (χ2n) is 8.44. The van der Waals surface area contributed by atoms with E-state index in [1.807, 2.05) is 32.9 Å². The minimum Gasteiger partial charge on any atom is -0.465 e. The normalized spacial score (nSPS) is 15.0. The Morgan fingerprint density at radius 3 is 2.38 bits per heavy atom. The summed E-state index contributed by atoms with van der Waals surface area (Å²) in [4.78, 5) is 45.3. The van der Waals surface area contributed by atoms with Crippen LogP contribution < -0.4 is 10.3 Å². The first-order valence-corrected chi connectivity index (χ1v) is 10.8. The van der Waals surface area contributed by atoms with Crippen LogP contribution in [0.3, 0.4) is 0 Å². The standard InChI is InChI=1S/C27H22N2O5/c1-14-12-19-20(13-15(14)2)34-25-22(24(19)30)23(17-8-10-18(11-9-17)27(32)33-4)29(26(25)31)21-7-5-6-16(3)28-21/h5-13,23H,1-4H3/t23-/m0/s1. The molecule has 0 spiro atoms. The molecule has 1 aliphatic rings. The van der Waals surface area contributed by atoms with Crippen molar-refractivity contribution in [3.63, 3.8) is 0 Å². The predicted octanol–water partition coefficient (Wildman–Crippen LogP) is 4.65. The Hall–Kier alpha value is -4.26. The number of hydrogen-bond donors (Lipinski definition) is 0. The molecule has 1 amide bonds. The number of rotatable bonds is 3. The highest BCUT2D eigenvalue weighted by atomic mass is 16.5. The molecule has 0 saturated heterocycles. The number of amides is 1. The van der Waals surface area contributed by atoms with Crippen molar-refractivity contribution in [2.45, 2.75) is 26.8 Å². The maximum absolute atomic E-state index is 13.7. The largest absolute Gasteiger partial charge is 0.465 e. The zero-order chi connectivity index (χ0) is 24.1. The molecular weight excluding hydrogens is 432 g/mol. The van der Waals surface area contributed by atoms with Gasteiger partial charge in [0.2, 0.25) is 5.76 Å². The molecule has 1 aliphatic heterocycles. The second kappa shape index (κ2) is 7.95. The molecule has 0 fully saturated rings. The lowest BCUT2D eigenvalue weighted by atomic mass is 9.96. The number of aromatic nitrogens is 1. The third-order valence-corrected chi connectivity index (χ3v) is 6.25. The van der Waals surface area contributed by atoms with Crippen molar-refractivity contribution in [3.8, 4) is 0 Å². The highest BCUT2D eigenvalue weighted by molar-refractivity contribution is 6.10. The van der Waals surface area contributed by atoms with Gasteiger partial charge >= 0.3 is 5.97 Å². The van der Waals surface area contributed by atoms with E-state index in [0.29, 0.717) is 27.9 Å². The molecule has 7 nitrogen and oxygen atoms in total. The summed E-state index contributed by atoms with van der Waals surface area (Å²) in [6, 6.07) is 14.8. The molecule has 2 aromatic carbocycles. The predicted molar refractivity (Wildman–Crippen MR) is 127 cm³/mol. The molecule has 34 heavy (non-hydrogen) atoms. The molecule has 0 radical (unpaired) electrons. The average Bonchev–Trinajstić information content (AvgIpc) is 3.12. The first-order valence-electron chi connectivity index (χ1n) is 10.8. The Kier molecular flexibility index (Phi) is 5.05. The lowest BCUT2D eigenvalue weighted by molar-refractivity contribution is 0.0600. The maximum atomic E-state index is 13.7. The zero-order valence-electron chi connectivity index (χ0n) is 19.2. The first-order chi connectivity index (χ1) is 16.3. The van der Waals surface area contributed by atoms with Gasteiger partial charge in [0.05, 0.1) is 29.7 Å². The quantitative estimate of drug-likeness (QED) is 0.419. The van der Waals surface area contributed by atoms with Crippen LogP contribution in [0, 0.1) is 20.8 Å². The van der Waals surface area contributed by atoms with Crippen molar-refractivity contribution in [3.05, 3.63) is 104 Å². The molecule has 3 heterocycles. The first kappa shape index (κ1) is 21.6. The van der Waals surface area contributed by atoms with Crippen molar-refractivity contribution < 1.29 is 18.7 Å². The van der Waals surface area contributed by atoms with Gasteiger partial charge in [-0.2, -0.15) is 0 Å². The van der Waals surface area contributed by atoms with Gasteiger partial charge in [-0.25, -0.2) is 9.78 Å². The summed E-state index contributed by atoms with van der Waals surface area (Å²) < 4.78 is 10.8. The maximum Gasteiger partial charge on any atom is 0.337 e. The topological polar surface area (TPSA) is 89.7 Å². The number of hydrogen-bond acceptors (Lipinski definition) is 6. The smallest absolute Gasteiger partial charge is 0.337 e. The zero-order valence-corrected chi connectivity index (χ0v) is 19.2. The van der Waals surface area contributed by atoms with E-state index in [0.717, 1.165) is 16.8 Å². The molecule has 5 rings (SSSR count). The van der Waals surface area contributed by atoms with E-state index >= 15 is 0 Å². The van der Waals surface area contributed by atoms with E-state index < -0.39 is 17.9 Å². The lowest BCUT2D eigenvalue weighted by Gasteiger charge is -2.24. The highest BCUT2D eigenvalue weighted by Crippen LogP contribution is 2.40. The van der Waals surface area contributed by atoms with Gasteiger partial charge in [-0.15, -0.1) is 0 Å². The van der Waals surface area contributed by atoms with Gasteiger partial charge in [-0.1, -0.05) is 18.2 Å². The summed E-state index contributed by atoms with van der Waals surface area (Å²) >= 11 is 0. The number of fused-ring (bicyclic) bond motifs is 2. The number of carbonyl (C=O) groups is 2. The van der Waals surface area contributed by atoms with Crippen molar-refractivity contribution >= 4 is 28.7 Å². The van der Waals surface area contributed by atoms with Crippen LogP contribution in [0.1, 0.15) is 54.9 Å². The van der Waals surface area contributed by atoms with Crippen molar-refractivity contribution in [2.24, 2.45) is 0 Å². The minimum absolute atomic E-state index is 0.00565. The van der Waals surface area contributed by atoms with Crippen LogP contribution in [-0.2, 0) is 4.74 Å². The second-order valence-corrected chi connectivity index (χ2v) is 8.44. The van der Waals surface area contributed by atoms with Crippen molar-refractivity contribution in [2.75, 3.05) is 12.0 Å². The molecule has 0 saturated carbocycles. The molecule has 7 heteroatoms. The number of aryl methyl sites for hydroxylation is 3. The molecule has 2 aromatic heterocycles. The van der Waals surface area contributed by atoms with Crippen molar-refractivity contribution in [1.29, 1.82) is 0 Å². The number of pyridine rings is 1. The van der Waals surface area contributed by atoms with Crippen LogP contribution in [0.25, 0.3) is 11.0 Å². The summed E-state index contributed by atoms with van der Waals surface area (Å²) in [6.07, 6.45) is 0. The minimum atomic E-state index is -0.759. The summed E-state index contributed by atoms with van der Waals surface area (Å²) in [5.41, 5.74) is 4.05. The summed E-state index contributed by atoms with van der Waals surface area (Å²) in [6.45, 7) is 5.69. The fourth-order valence-electron chi connectivity index (χ4n) is 4.36. The molecule has 0 aliphatic carbocycles. The number of anilines is 1. The fourth-order valence-corrected chi connectivity index (χ4v) is 4.36. The Morgan fingerprint density at radius 1 is 1.00 bits per heavy atom. The molecule has 0 unspecified atom stereocenters. The summed E-state index contributed by atoms with van der Waals surface area (Å²) in [5, 5.41) is 0.421. The summed E-state index contributed by atoms with van der Waals surface area (Å²) in [7, 11) is 1.31. The molecule has 1 atom stereocenters. The van der Waals surface area contributed by atoms with Crippen LogP contribution in [0.2, 0.25) is 0 Å². The van der Waals surface area contributed by atoms with E-state index in [-0.39, 0.29) is 16.8 Å². The van der Waals surface area contributed by atoms with Crippen LogP contribution in [0.15, 0.2) is 63.8 Å². The molecule has 0 bridgehead atoms. The number of ether oxygens (including phenoxy) is 1. The van der Waals surface area contributed by atoms with E-state index in [1.165, 1.54) is 12.0 Å². The van der Waals surface area contributed by atoms with E-state index in [4.69, 9.17) is 9.15 Å². The molecule has 4 aromatic rings. The Morgan fingerprint density at radius 2 is 1.71 bits per heavy atom. The molecule has 170 valence electrons. The van der Waals surface area contributed by atoms with E-state index in [1.54, 1.807) is 42.5 Å². The number of nitrogens with zero attached hydrogens (tertiary/aromatic N) is 2.